The number of benzene rings is 1. The molecule has 0 heterocycles. The van der Waals surface area contributed by atoms with Gasteiger partial charge < -0.3 is 14.6 Å². The third-order valence-corrected chi connectivity index (χ3v) is 2.43. The molecule has 0 fully saturated rings. The van der Waals surface area contributed by atoms with Gasteiger partial charge >= 0.3 is 5.97 Å². The molecule has 0 unspecified atom stereocenters. The number of aromatic carboxylic acids is 1. The number of hydrogen-bond acceptors (Lipinski definition) is 4. The number of carboxylic acid groups (broad SMARTS) is 1. The van der Waals surface area contributed by atoms with Gasteiger partial charge in [0, 0.05) is 6.42 Å². The van der Waals surface area contributed by atoms with Crippen LogP contribution in [-0.4, -0.2) is 24.3 Å². The number of nitriles is 1. The normalized spacial score (nSPS) is 9.68. The average Bonchev–Trinajstić information content (AvgIpc) is 2.40. The number of hydrogen-bond donors (Lipinski definition) is 1. The van der Waals surface area contributed by atoms with Crippen LogP contribution in [0.2, 0.25) is 0 Å². The van der Waals surface area contributed by atoms with Crippen molar-refractivity contribution in [3.8, 4) is 17.6 Å². The van der Waals surface area contributed by atoms with E-state index in [4.69, 9.17) is 19.8 Å². The highest BCUT2D eigenvalue weighted by Crippen LogP contribution is 2.28. The Kier molecular flexibility index (Phi) is 6.23. The second-order valence-electron chi connectivity index (χ2n) is 3.86. The Morgan fingerprint density at radius 1 is 1.32 bits per heavy atom. The molecule has 0 bridgehead atoms. The van der Waals surface area contributed by atoms with E-state index in [9.17, 15) is 4.79 Å². The van der Waals surface area contributed by atoms with Gasteiger partial charge in [-0.25, -0.2) is 4.79 Å². The lowest BCUT2D eigenvalue weighted by molar-refractivity contribution is 0.0696. The third-order valence-electron chi connectivity index (χ3n) is 2.43. The van der Waals surface area contributed by atoms with Crippen molar-refractivity contribution in [2.45, 2.75) is 26.2 Å². The van der Waals surface area contributed by atoms with Gasteiger partial charge in [0.2, 0.25) is 0 Å². The van der Waals surface area contributed by atoms with Gasteiger partial charge in [-0.1, -0.05) is 0 Å². The zero-order chi connectivity index (χ0) is 14.1. The fraction of sp³-hybridized carbons (Fsp3) is 0.429. The zero-order valence-corrected chi connectivity index (χ0v) is 10.9. The number of carbonyl (C=O) groups is 1. The molecular weight excluding hydrogens is 246 g/mol. The second-order valence-corrected chi connectivity index (χ2v) is 3.86. The first kappa shape index (κ1) is 14.8. The summed E-state index contributed by atoms with van der Waals surface area (Å²) >= 11 is 0. The van der Waals surface area contributed by atoms with Crippen LogP contribution in [-0.2, 0) is 0 Å². The molecule has 0 aliphatic carbocycles. The maximum Gasteiger partial charge on any atom is 0.335 e. The van der Waals surface area contributed by atoms with Crippen LogP contribution in [0.15, 0.2) is 18.2 Å². The van der Waals surface area contributed by atoms with Crippen LogP contribution in [0.4, 0.5) is 0 Å². The van der Waals surface area contributed by atoms with Crippen molar-refractivity contribution in [2.75, 3.05) is 13.2 Å². The van der Waals surface area contributed by atoms with Crippen LogP contribution >= 0.6 is 0 Å². The van der Waals surface area contributed by atoms with E-state index in [-0.39, 0.29) is 5.56 Å². The van der Waals surface area contributed by atoms with E-state index in [0.29, 0.717) is 31.1 Å². The van der Waals surface area contributed by atoms with Gasteiger partial charge in [-0.3, -0.25) is 0 Å². The minimum absolute atomic E-state index is 0.167. The quantitative estimate of drug-likeness (QED) is 0.729. The monoisotopic (exact) mass is 263 g/mol. The largest absolute Gasteiger partial charge is 0.490 e. The first-order valence-electron chi connectivity index (χ1n) is 6.19. The Bertz CT molecular complexity index is 465. The molecule has 0 aliphatic rings. The Morgan fingerprint density at radius 3 is 2.74 bits per heavy atom. The van der Waals surface area contributed by atoms with Gasteiger partial charge in [0.05, 0.1) is 24.8 Å². The van der Waals surface area contributed by atoms with E-state index in [1.165, 1.54) is 12.1 Å². The lowest BCUT2D eigenvalue weighted by Gasteiger charge is -2.12. The number of unbranched alkanes of at least 4 members (excludes halogenated alkanes) is 2. The number of carboxylic acids is 1. The summed E-state index contributed by atoms with van der Waals surface area (Å²) in [6.45, 7) is 2.74. The van der Waals surface area contributed by atoms with Crippen molar-refractivity contribution >= 4 is 5.97 Å². The van der Waals surface area contributed by atoms with E-state index >= 15 is 0 Å². The summed E-state index contributed by atoms with van der Waals surface area (Å²) in [5.41, 5.74) is 0.167. The van der Waals surface area contributed by atoms with Crippen LogP contribution in [0.1, 0.15) is 36.5 Å². The summed E-state index contributed by atoms with van der Waals surface area (Å²) in [7, 11) is 0. The van der Waals surface area contributed by atoms with E-state index < -0.39 is 5.97 Å². The summed E-state index contributed by atoms with van der Waals surface area (Å²) in [6.07, 6.45) is 2.08. The predicted octanol–water partition coefficient (Wildman–Crippen LogP) is 2.86. The van der Waals surface area contributed by atoms with Crippen LogP contribution in [0.25, 0.3) is 0 Å². The van der Waals surface area contributed by atoms with Gasteiger partial charge in [0.25, 0.3) is 0 Å². The van der Waals surface area contributed by atoms with E-state index in [1.807, 2.05) is 6.92 Å². The Hall–Kier alpha value is -2.22. The molecule has 102 valence electrons. The van der Waals surface area contributed by atoms with E-state index in [0.717, 1.165) is 12.8 Å². The summed E-state index contributed by atoms with van der Waals surface area (Å²) < 4.78 is 10.9. The molecule has 0 spiro atoms. The molecular formula is C14H17NO4. The summed E-state index contributed by atoms with van der Waals surface area (Å²) in [5, 5.41) is 17.3. The summed E-state index contributed by atoms with van der Waals surface area (Å²) in [5.74, 6) is -0.0342. The van der Waals surface area contributed by atoms with Crippen LogP contribution in [0.5, 0.6) is 11.5 Å². The highest BCUT2D eigenvalue weighted by atomic mass is 16.5. The van der Waals surface area contributed by atoms with Crippen molar-refractivity contribution in [3.05, 3.63) is 23.8 Å². The van der Waals surface area contributed by atoms with Gasteiger partial charge in [-0.05, 0) is 38.0 Å². The standard InChI is InChI=1S/C14H17NO4/c1-2-18-13-10-11(14(16)17)6-7-12(13)19-9-5-3-4-8-15/h6-7,10H,2-5,9H2,1H3,(H,16,17). The minimum atomic E-state index is -0.999. The molecule has 0 amide bonds. The molecule has 0 aromatic heterocycles. The number of rotatable bonds is 8. The highest BCUT2D eigenvalue weighted by Gasteiger charge is 2.10. The topological polar surface area (TPSA) is 79.6 Å². The molecule has 0 saturated heterocycles. The molecule has 0 saturated carbocycles. The van der Waals surface area contributed by atoms with Gasteiger partial charge in [0.1, 0.15) is 0 Å². The van der Waals surface area contributed by atoms with Gasteiger partial charge in [0.15, 0.2) is 11.5 Å². The SMILES string of the molecule is CCOc1cc(C(=O)O)ccc1OCCCCC#N. The molecule has 1 N–H and O–H groups in total. The van der Waals surface area contributed by atoms with Crippen LogP contribution < -0.4 is 9.47 Å². The van der Waals surface area contributed by atoms with Gasteiger partial charge in [-0.15, -0.1) is 0 Å². The number of ether oxygens (including phenoxy) is 2. The summed E-state index contributed by atoms with van der Waals surface area (Å²) in [6, 6.07) is 6.60. The smallest absolute Gasteiger partial charge is 0.335 e. The van der Waals surface area contributed by atoms with E-state index in [1.54, 1.807) is 6.07 Å². The summed E-state index contributed by atoms with van der Waals surface area (Å²) in [4.78, 5) is 10.9. The number of nitrogens with zero attached hydrogens (tertiary/aromatic N) is 1. The lowest BCUT2D eigenvalue weighted by Crippen LogP contribution is -2.03. The van der Waals surface area contributed by atoms with Crippen molar-refractivity contribution in [2.24, 2.45) is 0 Å². The van der Waals surface area contributed by atoms with Crippen LogP contribution in [0, 0.1) is 11.3 Å². The molecule has 1 aromatic rings. The van der Waals surface area contributed by atoms with Gasteiger partial charge in [-0.2, -0.15) is 5.26 Å². The first-order valence-corrected chi connectivity index (χ1v) is 6.19. The Balaban J connectivity index is 2.65. The zero-order valence-electron chi connectivity index (χ0n) is 10.9. The Morgan fingerprint density at radius 2 is 2.11 bits per heavy atom. The average molecular weight is 263 g/mol. The van der Waals surface area contributed by atoms with Crippen molar-refractivity contribution < 1.29 is 19.4 Å². The molecule has 0 aliphatic heterocycles. The third kappa shape index (κ3) is 4.88. The molecule has 0 atom stereocenters. The first-order chi connectivity index (χ1) is 9.19. The fourth-order valence-electron chi connectivity index (χ4n) is 1.52. The molecule has 1 rings (SSSR count). The minimum Gasteiger partial charge on any atom is -0.490 e. The van der Waals surface area contributed by atoms with E-state index in [2.05, 4.69) is 6.07 Å². The van der Waals surface area contributed by atoms with Crippen molar-refractivity contribution in [3.63, 3.8) is 0 Å². The second kappa shape index (κ2) is 7.98. The molecule has 5 heteroatoms. The molecule has 5 nitrogen and oxygen atoms in total. The van der Waals surface area contributed by atoms with Crippen LogP contribution in [0.3, 0.4) is 0 Å². The Labute approximate surface area is 112 Å². The maximum atomic E-state index is 10.9. The molecule has 1 aromatic carbocycles. The predicted molar refractivity (Wildman–Crippen MR) is 69.5 cm³/mol. The molecule has 19 heavy (non-hydrogen) atoms. The van der Waals surface area contributed by atoms with Crippen molar-refractivity contribution in [1.82, 2.24) is 0 Å². The lowest BCUT2D eigenvalue weighted by atomic mass is 10.2. The van der Waals surface area contributed by atoms with Crippen molar-refractivity contribution in [1.29, 1.82) is 5.26 Å². The molecule has 0 radical (unpaired) electrons. The maximum absolute atomic E-state index is 10.9. The fourth-order valence-corrected chi connectivity index (χ4v) is 1.52. The highest BCUT2D eigenvalue weighted by molar-refractivity contribution is 5.88.